The molecule has 3 heterocycles. The SMILES string of the molecule is N[C@@H]1CCN(c2cc3c(cc2F)c(=O)c(C(=O)O)c2n3[C@H](CF)S2)C1. The van der Waals surface area contributed by atoms with Crippen LogP contribution in [0.5, 0.6) is 0 Å². The van der Waals surface area contributed by atoms with Crippen LogP contribution < -0.4 is 16.1 Å². The van der Waals surface area contributed by atoms with Gasteiger partial charge in [0.25, 0.3) is 0 Å². The Balaban J connectivity index is 1.99. The van der Waals surface area contributed by atoms with Crippen molar-refractivity contribution in [2.24, 2.45) is 5.73 Å². The highest BCUT2D eigenvalue weighted by Crippen LogP contribution is 2.47. The average molecular weight is 367 g/mol. The van der Waals surface area contributed by atoms with E-state index < -0.39 is 34.8 Å². The molecule has 0 saturated carbocycles. The van der Waals surface area contributed by atoms with Gasteiger partial charge in [0.05, 0.1) is 16.2 Å². The van der Waals surface area contributed by atoms with E-state index in [4.69, 9.17) is 5.73 Å². The molecule has 0 amide bonds. The minimum atomic E-state index is -1.39. The van der Waals surface area contributed by atoms with E-state index in [2.05, 4.69) is 0 Å². The molecule has 2 aliphatic heterocycles. The van der Waals surface area contributed by atoms with Crippen LogP contribution in [0.4, 0.5) is 14.5 Å². The number of anilines is 1. The number of nitrogens with zero attached hydrogens (tertiary/aromatic N) is 2. The van der Waals surface area contributed by atoms with Crippen molar-refractivity contribution in [1.82, 2.24) is 4.57 Å². The highest BCUT2D eigenvalue weighted by atomic mass is 32.2. The van der Waals surface area contributed by atoms with Crippen molar-refractivity contribution in [2.45, 2.75) is 22.9 Å². The lowest BCUT2D eigenvalue weighted by Gasteiger charge is -2.33. The molecule has 0 bridgehead atoms. The van der Waals surface area contributed by atoms with Crippen molar-refractivity contribution in [1.29, 1.82) is 0 Å². The second kappa shape index (κ2) is 5.70. The fourth-order valence-electron chi connectivity index (χ4n) is 3.47. The van der Waals surface area contributed by atoms with Gasteiger partial charge >= 0.3 is 5.97 Å². The average Bonchev–Trinajstić information content (AvgIpc) is 2.96. The number of hydrogen-bond donors (Lipinski definition) is 2. The van der Waals surface area contributed by atoms with Gasteiger partial charge in [0.2, 0.25) is 5.43 Å². The first-order valence-electron chi connectivity index (χ1n) is 7.80. The van der Waals surface area contributed by atoms with Crippen LogP contribution in [-0.2, 0) is 0 Å². The third-order valence-corrected chi connectivity index (χ3v) is 5.91. The van der Waals surface area contributed by atoms with Crippen LogP contribution in [0.3, 0.4) is 0 Å². The van der Waals surface area contributed by atoms with Gasteiger partial charge in [0.1, 0.15) is 23.4 Å². The fourth-order valence-corrected chi connectivity index (χ4v) is 4.59. The van der Waals surface area contributed by atoms with Crippen LogP contribution in [-0.4, -0.2) is 41.4 Å². The maximum Gasteiger partial charge on any atom is 0.342 e. The van der Waals surface area contributed by atoms with E-state index in [0.29, 0.717) is 24.3 Å². The van der Waals surface area contributed by atoms with E-state index in [1.54, 1.807) is 4.90 Å². The van der Waals surface area contributed by atoms with Crippen molar-refractivity contribution >= 4 is 34.3 Å². The van der Waals surface area contributed by atoms with Crippen molar-refractivity contribution in [3.8, 4) is 0 Å². The van der Waals surface area contributed by atoms with Crippen LogP contribution >= 0.6 is 11.8 Å². The van der Waals surface area contributed by atoms with Gasteiger partial charge in [-0.2, -0.15) is 0 Å². The number of alkyl halides is 1. The number of halogens is 2. The summed E-state index contributed by atoms with van der Waals surface area (Å²) in [5, 5.41) is 8.86. The highest BCUT2D eigenvalue weighted by molar-refractivity contribution is 8.00. The summed E-state index contributed by atoms with van der Waals surface area (Å²) < 4.78 is 29.3. The number of pyridine rings is 1. The molecule has 2 atom stereocenters. The molecule has 2 aliphatic rings. The second-order valence-corrected chi connectivity index (χ2v) is 7.39. The van der Waals surface area contributed by atoms with Gasteiger partial charge in [-0.1, -0.05) is 11.8 Å². The summed E-state index contributed by atoms with van der Waals surface area (Å²) in [5.74, 6) is -2.00. The summed E-state index contributed by atoms with van der Waals surface area (Å²) >= 11 is 1.01. The van der Waals surface area contributed by atoms with Gasteiger partial charge in [-0.15, -0.1) is 0 Å². The first-order chi connectivity index (χ1) is 11.9. The summed E-state index contributed by atoms with van der Waals surface area (Å²) in [7, 11) is 0. The zero-order valence-electron chi connectivity index (χ0n) is 13.0. The molecule has 2 aromatic rings. The molecule has 3 N–H and O–H groups in total. The molecule has 1 saturated heterocycles. The Morgan fingerprint density at radius 3 is 2.80 bits per heavy atom. The quantitative estimate of drug-likeness (QED) is 0.862. The lowest BCUT2D eigenvalue weighted by Crippen LogP contribution is -2.31. The number of thioether (sulfide) groups is 1. The van der Waals surface area contributed by atoms with Crippen molar-refractivity contribution in [3.63, 3.8) is 0 Å². The lowest BCUT2D eigenvalue weighted by molar-refractivity contribution is 0.0689. The van der Waals surface area contributed by atoms with Gasteiger partial charge in [-0.25, -0.2) is 13.6 Å². The smallest absolute Gasteiger partial charge is 0.342 e. The van der Waals surface area contributed by atoms with E-state index in [-0.39, 0.29) is 16.5 Å². The standard InChI is InChI=1S/C16H15F2N3O3S/c17-5-12-21-10-4-11(20-2-1-7(19)6-20)9(18)3-8(10)14(22)13(16(23)24)15(21)25-12/h3-4,7,12H,1-2,5-6,19H2,(H,23,24)/t7-,12+/m1/s1. The van der Waals surface area contributed by atoms with E-state index >= 15 is 0 Å². The van der Waals surface area contributed by atoms with Crippen LogP contribution in [0, 0.1) is 5.82 Å². The molecular weight excluding hydrogens is 352 g/mol. The summed E-state index contributed by atoms with van der Waals surface area (Å²) in [6.45, 7) is 0.374. The maximum atomic E-state index is 14.6. The van der Waals surface area contributed by atoms with Crippen LogP contribution in [0.1, 0.15) is 22.2 Å². The molecule has 1 fully saturated rings. The number of benzene rings is 1. The monoisotopic (exact) mass is 367 g/mol. The molecule has 1 aromatic carbocycles. The lowest BCUT2D eigenvalue weighted by atomic mass is 10.1. The van der Waals surface area contributed by atoms with Crippen molar-refractivity contribution in [2.75, 3.05) is 24.7 Å². The molecule has 25 heavy (non-hydrogen) atoms. The Kier molecular flexibility index (Phi) is 3.73. The number of aromatic nitrogens is 1. The van der Waals surface area contributed by atoms with Gasteiger partial charge in [0, 0.05) is 24.5 Å². The van der Waals surface area contributed by atoms with E-state index in [9.17, 15) is 23.5 Å². The molecule has 6 nitrogen and oxygen atoms in total. The van der Waals surface area contributed by atoms with Crippen LogP contribution in [0.25, 0.3) is 10.9 Å². The van der Waals surface area contributed by atoms with Gasteiger partial charge in [-0.05, 0) is 18.6 Å². The molecule has 132 valence electrons. The molecule has 0 aliphatic carbocycles. The van der Waals surface area contributed by atoms with Gasteiger partial charge in [0.15, 0.2) is 0 Å². The van der Waals surface area contributed by atoms with Gasteiger partial charge < -0.3 is 20.3 Å². The zero-order valence-corrected chi connectivity index (χ0v) is 13.9. The first-order valence-corrected chi connectivity index (χ1v) is 8.68. The molecule has 0 radical (unpaired) electrons. The summed E-state index contributed by atoms with van der Waals surface area (Å²) in [4.78, 5) is 25.7. The number of nitrogens with two attached hydrogens (primary N) is 1. The summed E-state index contributed by atoms with van der Waals surface area (Å²) in [5.41, 5.74) is 5.34. The van der Waals surface area contributed by atoms with E-state index in [1.807, 2.05) is 0 Å². The predicted molar refractivity (Wildman–Crippen MR) is 90.8 cm³/mol. The normalized spacial score (nSPS) is 22.1. The summed E-state index contributed by atoms with van der Waals surface area (Å²) in [6.07, 6.45) is 0.733. The van der Waals surface area contributed by atoms with Crippen LogP contribution in [0.2, 0.25) is 0 Å². The Labute approximate surface area is 145 Å². The van der Waals surface area contributed by atoms with Crippen molar-refractivity contribution in [3.05, 3.63) is 33.7 Å². The minimum absolute atomic E-state index is 0.0513. The number of aromatic carboxylic acids is 1. The zero-order chi connectivity index (χ0) is 17.9. The number of carboxylic acid groups (broad SMARTS) is 1. The largest absolute Gasteiger partial charge is 0.477 e. The Bertz CT molecular complexity index is 962. The number of fused-ring (bicyclic) bond motifs is 3. The number of rotatable bonds is 3. The first kappa shape index (κ1) is 16.3. The molecule has 4 rings (SSSR count). The van der Waals surface area contributed by atoms with E-state index in [0.717, 1.165) is 24.2 Å². The molecule has 1 aromatic heterocycles. The Hall–Kier alpha value is -2.13. The maximum absolute atomic E-state index is 14.6. The highest BCUT2D eigenvalue weighted by Gasteiger charge is 2.36. The van der Waals surface area contributed by atoms with Gasteiger partial charge in [-0.3, -0.25) is 4.79 Å². The van der Waals surface area contributed by atoms with Crippen LogP contribution in [0.15, 0.2) is 22.0 Å². The van der Waals surface area contributed by atoms with E-state index in [1.165, 1.54) is 10.6 Å². The molecular formula is C16H15F2N3O3S. The number of hydrogen-bond acceptors (Lipinski definition) is 5. The topological polar surface area (TPSA) is 88.6 Å². The second-order valence-electron chi connectivity index (χ2n) is 6.23. The molecule has 9 heteroatoms. The third-order valence-electron chi connectivity index (χ3n) is 4.68. The predicted octanol–water partition coefficient (Wildman–Crippen LogP) is 1.95. The number of carboxylic acids is 1. The number of carbonyl (C=O) groups is 1. The third kappa shape index (κ3) is 2.33. The summed E-state index contributed by atoms with van der Waals surface area (Å²) in [6, 6.07) is 2.50. The minimum Gasteiger partial charge on any atom is -0.477 e. The fraction of sp³-hybridized carbons (Fsp3) is 0.375. The Morgan fingerprint density at radius 2 is 2.20 bits per heavy atom. The Morgan fingerprint density at radius 1 is 1.44 bits per heavy atom. The van der Waals surface area contributed by atoms with Crippen molar-refractivity contribution < 1.29 is 18.7 Å². The molecule has 0 spiro atoms. The molecule has 0 unspecified atom stereocenters.